The van der Waals surface area contributed by atoms with Crippen molar-refractivity contribution in [2.24, 2.45) is 5.14 Å². The SMILES string of the molecule is Cc1ccc(-c2cnn3cc(-c4ccc(N5[C@H](C)CNC[C@@H]5C)cc4)cnc23)cc1S(N)(=O)=O. The molecule has 0 saturated carbocycles. The van der Waals surface area contributed by atoms with Gasteiger partial charge in [-0.2, -0.15) is 5.10 Å². The van der Waals surface area contributed by atoms with E-state index in [1.165, 1.54) is 5.69 Å². The van der Waals surface area contributed by atoms with E-state index in [2.05, 4.69) is 58.4 Å². The molecule has 2 atom stereocenters. The van der Waals surface area contributed by atoms with Gasteiger partial charge >= 0.3 is 0 Å². The Labute approximate surface area is 199 Å². The van der Waals surface area contributed by atoms with E-state index in [0.717, 1.165) is 29.8 Å². The highest BCUT2D eigenvalue weighted by Gasteiger charge is 2.24. The number of nitrogens with zero attached hydrogens (tertiary/aromatic N) is 4. The monoisotopic (exact) mass is 476 g/mol. The third-order valence-corrected chi connectivity index (χ3v) is 7.54. The Morgan fingerprint density at radius 2 is 1.65 bits per heavy atom. The Bertz CT molecular complexity index is 1450. The number of hydrogen-bond donors (Lipinski definition) is 2. The number of nitrogens with two attached hydrogens (primary N) is 1. The van der Waals surface area contributed by atoms with Gasteiger partial charge in [0.05, 0.1) is 11.1 Å². The second kappa shape index (κ2) is 8.50. The topological polar surface area (TPSA) is 106 Å². The Morgan fingerprint density at radius 3 is 2.32 bits per heavy atom. The van der Waals surface area contributed by atoms with Crippen molar-refractivity contribution in [3.8, 4) is 22.3 Å². The van der Waals surface area contributed by atoms with Gasteiger partial charge in [0.15, 0.2) is 5.65 Å². The zero-order chi connectivity index (χ0) is 24.0. The van der Waals surface area contributed by atoms with Gasteiger partial charge in [0, 0.05) is 54.4 Å². The minimum atomic E-state index is -3.82. The van der Waals surface area contributed by atoms with Gasteiger partial charge in [-0.05, 0) is 55.7 Å². The normalized spacial score (nSPS) is 19.0. The van der Waals surface area contributed by atoms with E-state index in [0.29, 0.717) is 28.9 Å². The Morgan fingerprint density at radius 1 is 0.971 bits per heavy atom. The first kappa shape index (κ1) is 22.5. The molecule has 2 aromatic heterocycles. The van der Waals surface area contributed by atoms with Gasteiger partial charge in [0.25, 0.3) is 0 Å². The average Bonchev–Trinajstić information content (AvgIpc) is 3.22. The number of hydrogen-bond acceptors (Lipinski definition) is 6. The lowest BCUT2D eigenvalue weighted by molar-refractivity contribution is 0.432. The highest BCUT2D eigenvalue weighted by atomic mass is 32.2. The van der Waals surface area contributed by atoms with Crippen LogP contribution in [-0.2, 0) is 10.0 Å². The summed E-state index contributed by atoms with van der Waals surface area (Å²) in [5.74, 6) is 0. The number of piperazine rings is 1. The number of anilines is 1. The highest BCUT2D eigenvalue weighted by Crippen LogP contribution is 2.30. The molecule has 34 heavy (non-hydrogen) atoms. The molecule has 0 aliphatic carbocycles. The number of aromatic nitrogens is 3. The fraction of sp³-hybridized carbons (Fsp3) is 0.280. The van der Waals surface area contributed by atoms with Crippen molar-refractivity contribution in [2.45, 2.75) is 37.8 Å². The molecule has 1 aliphatic heterocycles. The summed E-state index contributed by atoms with van der Waals surface area (Å²) < 4.78 is 25.6. The maximum absolute atomic E-state index is 11.9. The molecule has 8 nitrogen and oxygen atoms in total. The van der Waals surface area contributed by atoms with Crippen LogP contribution >= 0.6 is 0 Å². The minimum Gasteiger partial charge on any atom is -0.364 e. The standard InChI is InChI=1S/C25H28N6O2S/c1-16-4-5-20(10-24(16)34(26,32)33)23-14-29-30-15-21(13-28-25(23)30)19-6-8-22(9-7-19)31-17(2)11-27-12-18(31)3/h4-10,13-15,17-18,27H,11-12H2,1-3H3,(H2,26,32,33)/t17-,18+. The third-order valence-electron chi connectivity index (χ3n) is 6.49. The van der Waals surface area contributed by atoms with Gasteiger partial charge in [-0.1, -0.05) is 24.3 Å². The smallest absolute Gasteiger partial charge is 0.238 e. The molecule has 9 heteroatoms. The van der Waals surface area contributed by atoms with E-state index in [4.69, 9.17) is 5.14 Å². The number of benzene rings is 2. The van der Waals surface area contributed by atoms with E-state index in [9.17, 15) is 8.42 Å². The summed E-state index contributed by atoms with van der Waals surface area (Å²) >= 11 is 0. The van der Waals surface area contributed by atoms with Crippen LogP contribution < -0.4 is 15.4 Å². The number of primary sulfonamides is 1. The van der Waals surface area contributed by atoms with Crippen molar-refractivity contribution in [2.75, 3.05) is 18.0 Å². The Kier molecular flexibility index (Phi) is 5.63. The van der Waals surface area contributed by atoms with Crippen LogP contribution in [0.1, 0.15) is 19.4 Å². The number of aryl methyl sites for hydroxylation is 1. The van der Waals surface area contributed by atoms with E-state index in [1.807, 2.05) is 18.5 Å². The number of rotatable bonds is 4. The molecule has 0 bridgehead atoms. The van der Waals surface area contributed by atoms with Crippen LogP contribution in [0, 0.1) is 6.92 Å². The molecular formula is C25H28N6O2S. The van der Waals surface area contributed by atoms with Crippen LogP contribution in [0.2, 0.25) is 0 Å². The molecule has 5 rings (SSSR count). The average molecular weight is 477 g/mol. The molecular weight excluding hydrogens is 448 g/mol. The lowest BCUT2D eigenvalue weighted by atomic mass is 10.0. The molecule has 3 N–H and O–H groups in total. The van der Waals surface area contributed by atoms with Gasteiger partial charge in [-0.15, -0.1) is 0 Å². The summed E-state index contributed by atoms with van der Waals surface area (Å²) in [6.07, 6.45) is 5.45. The van der Waals surface area contributed by atoms with Gasteiger partial charge < -0.3 is 10.2 Å². The lowest BCUT2D eigenvalue weighted by Gasteiger charge is -2.41. The number of nitrogens with one attached hydrogen (secondary N) is 1. The van der Waals surface area contributed by atoms with E-state index in [1.54, 1.807) is 29.8 Å². The van der Waals surface area contributed by atoms with Gasteiger partial charge in [0.2, 0.25) is 10.0 Å². The van der Waals surface area contributed by atoms with Crippen LogP contribution in [0.3, 0.4) is 0 Å². The van der Waals surface area contributed by atoms with E-state index in [-0.39, 0.29) is 4.90 Å². The largest absolute Gasteiger partial charge is 0.364 e. The first-order chi connectivity index (χ1) is 16.2. The quantitative estimate of drug-likeness (QED) is 0.469. The van der Waals surface area contributed by atoms with Crippen LogP contribution in [-0.4, -0.2) is 48.2 Å². The molecule has 0 amide bonds. The zero-order valence-corrected chi connectivity index (χ0v) is 20.2. The summed E-state index contributed by atoms with van der Waals surface area (Å²) in [6.45, 7) is 8.16. The fourth-order valence-electron chi connectivity index (χ4n) is 4.77. The van der Waals surface area contributed by atoms with Crippen LogP contribution in [0.4, 0.5) is 5.69 Å². The maximum atomic E-state index is 11.9. The van der Waals surface area contributed by atoms with E-state index >= 15 is 0 Å². The van der Waals surface area contributed by atoms with Crippen molar-refractivity contribution >= 4 is 21.4 Å². The van der Waals surface area contributed by atoms with Gasteiger partial charge in [0.1, 0.15) is 0 Å². The molecule has 4 aromatic rings. The molecule has 3 heterocycles. The van der Waals surface area contributed by atoms with E-state index < -0.39 is 10.0 Å². The van der Waals surface area contributed by atoms with Gasteiger partial charge in [-0.25, -0.2) is 23.1 Å². The van der Waals surface area contributed by atoms with Crippen molar-refractivity contribution in [1.29, 1.82) is 0 Å². The molecule has 1 aliphatic rings. The predicted molar refractivity (Wildman–Crippen MR) is 134 cm³/mol. The van der Waals surface area contributed by atoms with Crippen molar-refractivity contribution < 1.29 is 8.42 Å². The Balaban J connectivity index is 1.47. The second-order valence-corrected chi connectivity index (χ2v) is 10.5. The predicted octanol–water partition coefficient (Wildman–Crippen LogP) is 3.21. The Hall–Kier alpha value is -3.27. The number of sulfonamides is 1. The molecule has 176 valence electrons. The summed E-state index contributed by atoms with van der Waals surface area (Å²) in [4.78, 5) is 7.21. The summed E-state index contributed by atoms with van der Waals surface area (Å²) in [5.41, 5.74) is 5.91. The molecule has 1 fully saturated rings. The van der Waals surface area contributed by atoms with Crippen LogP contribution in [0.15, 0.2) is 66.0 Å². The van der Waals surface area contributed by atoms with Crippen LogP contribution in [0.5, 0.6) is 0 Å². The van der Waals surface area contributed by atoms with Crippen molar-refractivity contribution in [3.63, 3.8) is 0 Å². The lowest BCUT2D eigenvalue weighted by Crippen LogP contribution is -2.55. The third kappa shape index (κ3) is 4.06. The first-order valence-corrected chi connectivity index (χ1v) is 12.8. The summed E-state index contributed by atoms with van der Waals surface area (Å²) in [5, 5.41) is 13.3. The molecule has 0 spiro atoms. The first-order valence-electron chi connectivity index (χ1n) is 11.3. The van der Waals surface area contributed by atoms with Gasteiger partial charge in [-0.3, -0.25) is 0 Å². The second-order valence-electron chi connectivity index (χ2n) is 9.00. The molecule has 0 unspecified atom stereocenters. The van der Waals surface area contributed by atoms with Crippen molar-refractivity contribution in [3.05, 3.63) is 66.6 Å². The fourth-order valence-corrected chi connectivity index (χ4v) is 5.58. The van der Waals surface area contributed by atoms with Crippen molar-refractivity contribution in [1.82, 2.24) is 19.9 Å². The molecule has 1 saturated heterocycles. The molecule has 0 radical (unpaired) electrons. The molecule has 2 aromatic carbocycles. The zero-order valence-electron chi connectivity index (χ0n) is 19.4. The van der Waals surface area contributed by atoms with Crippen LogP contribution in [0.25, 0.3) is 27.9 Å². The summed E-state index contributed by atoms with van der Waals surface area (Å²) in [6, 6.07) is 14.6. The number of fused-ring (bicyclic) bond motifs is 1. The maximum Gasteiger partial charge on any atom is 0.238 e. The summed E-state index contributed by atoms with van der Waals surface area (Å²) in [7, 11) is -3.82. The minimum absolute atomic E-state index is 0.106. The highest BCUT2D eigenvalue weighted by molar-refractivity contribution is 7.89.